The van der Waals surface area contributed by atoms with Crippen molar-refractivity contribution >= 4 is 28.3 Å². The molecular formula is C27H20F3N3O2S. The Kier molecular flexibility index (Phi) is 6.01. The van der Waals surface area contributed by atoms with Crippen molar-refractivity contribution < 1.29 is 22.7 Å². The van der Waals surface area contributed by atoms with Crippen LogP contribution in [0.4, 0.5) is 13.2 Å². The number of imidazole rings is 1. The van der Waals surface area contributed by atoms with Gasteiger partial charge in [-0.2, -0.15) is 13.2 Å². The molecule has 0 aliphatic carbocycles. The number of carbonyl (C=O) groups is 1. The SMILES string of the molecule is C[C@@H](Oc1cc(-n2cnc3ccc(-c4ccccc4)cc32)sc1C(N)=O)c1ccccc1C(F)(F)F. The van der Waals surface area contributed by atoms with Crippen molar-refractivity contribution in [2.45, 2.75) is 19.2 Å². The number of carbonyl (C=O) groups excluding carboxylic acids is 1. The molecule has 1 atom stereocenters. The number of alkyl halides is 3. The zero-order chi connectivity index (χ0) is 25.4. The molecule has 2 N–H and O–H groups in total. The van der Waals surface area contributed by atoms with E-state index in [1.54, 1.807) is 17.0 Å². The summed E-state index contributed by atoms with van der Waals surface area (Å²) < 4.78 is 48.2. The number of hydrogen-bond acceptors (Lipinski definition) is 4. The quantitative estimate of drug-likeness (QED) is 0.269. The predicted octanol–water partition coefficient (Wildman–Crippen LogP) is 7.01. The van der Waals surface area contributed by atoms with Crippen molar-refractivity contribution in [3.05, 3.63) is 101 Å². The lowest BCUT2D eigenvalue weighted by molar-refractivity contribution is -0.138. The van der Waals surface area contributed by atoms with Crippen LogP contribution in [-0.2, 0) is 6.18 Å². The Bertz CT molecular complexity index is 1560. The van der Waals surface area contributed by atoms with Gasteiger partial charge >= 0.3 is 6.18 Å². The number of hydrogen-bond donors (Lipinski definition) is 1. The Labute approximate surface area is 208 Å². The molecule has 0 fully saturated rings. The zero-order valence-electron chi connectivity index (χ0n) is 19.0. The molecule has 2 heterocycles. The van der Waals surface area contributed by atoms with Gasteiger partial charge in [0.25, 0.3) is 5.91 Å². The lowest BCUT2D eigenvalue weighted by Gasteiger charge is -2.19. The second-order valence-electron chi connectivity index (χ2n) is 8.17. The summed E-state index contributed by atoms with van der Waals surface area (Å²) in [6, 6.07) is 22.5. The summed E-state index contributed by atoms with van der Waals surface area (Å²) in [4.78, 5) is 16.8. The number of aromatic nitrogens is 2. The van der Waals surface area contributed by atoms with Crippen LogP contribution in [0.15, 0.2) is 85.2 Å². The Morgan fingerprint density at radius 2 is 1.72 bits per heavy atom. The van der Waals surface area contributed by atoms with Gasteiger partial charge in [0.1, 0.15) is 28.1 Å². The van der Waals surface area contributed by atoms with Gasteiger partial charge in [0.15, 0.2) is 0 Å². The standard InChI is InChI=1S/C27H20F3N3O2S/c1-16(19-9-5-6-10-20(19)27(28,29)30)35-23-14-24(36-25(23)26(31)34)33-15-32-21-12-11-18(13-22(21)33)17-7-3-2-4-8-17/h2-16H,1H3,(H2,31,34)/t16-/m1/s1. The monoisotopic (exact) mass is 507 g/mol. The molecule has 0 radical (unpaired) electrons. The van der Waals surface area contributed by atoms with E-state index in [0.29, 0.717) is 5.00 Å². The molecule has 9 heteroatoms. The van der Waals surface area contributed by atoms with Crippen molar-refractivity contribution in [2.24, 2.45) is 5.73 Å². The number of amides is 1. The minimum absolute atomic E-state index is 0.0336. The van der Waals surface area contributed by atoms with Crippen molar-refractivity contribution in [2.75, 3.05) is 0 Å². The van der Waals surface area contributed by atoms with E-state index in [-0.39, 0.29) is 16.2 Å². The Hall–Kier alpha value is -4.11. The average Bonchev–Trinajstić information content (AvgIpc) is 3.47. The predicted molar refractivity (Wildman–Crippen MR) is 133 cm³/mol. The fourth-order valence-electron chi connectivity index (χ4n) is 4.10. The third kappa shape index (κ3) is 4.45. The molecule has 36 heavy (non-hydrogen) atoms. The molecule has 0 spiro atoms. The number of rotatable bonds is 6. The van der Waals surface area contributed by atoms with E-state index in [4.69, 9.17) is 10.5 Å². The molecule has 5 aromatic rings. The third-order valence-electron chi connectivity index (χ3n) is 5.81. The summed E-state index contributed by atoms with van der Waals surface area (Å²) in [5.41, 5.74) is 8.35. The lowest BCUT2D eigenvalue weighted by Crippen LogP contribution is -2.15. The van der Waals surface area contributed by atoms with Gasteiger partial charge in [-0.25, -0.2) is 4.98 Å². The fourth-order valence-corrected chi connectivity index (χ4v) is 5.02. The van der Waals surface area contributed by atoms with Gasteiger partial charge in [-0.15, -0.1) is 11.3 Å². The number of fused-ring (bicyclic) bond motifs is 1. The van der Waals surface area contributed by atoms with Crippen molar-refractivity contribution in [1.82, 2.24) is 9.55 Å². The molecule has 1 amide bonds. The van der Waals surface area contributed by atoms with Crippen LogP contribution in [-0.4, -0.2) is 15.5 Å². The maximum Gasteiger partial charge on any atom is 0.416 e. The molecule has 0 saturated carbocycles. The largest absolute Gasteiger partial charge is 0.484 e. The second-order valence-corrected chi connectivity index (χ2v) is 9.20. The van der Waals surface area contributed by atoms with Crippen molar-refractivity contribution in [3.63, 3.8) is 0 Å². The van der Waals surface area contributed by atoms with E-state index in [0.717, 1.165) is 39.6 Å². The number of nitrogens with two attached hydrogens (primary N) is 1. The Balaban J connectivity index is 1.54. The van der Waals surface area contributed by atoms with Crippen LogP contribution in [0.2, 0.25) is 0 Å². The van der Waals surface area contributed by atoms with E-state index in [9.17, 15) is 18.0 Å². The van der Waals surface area contributed by atoms with Gasteiger partial charge in [0, 0.05) is 11.6 Å². The van der Waals surface area contributed by atoms with Gasteiger partial charge in [-0.05, 0) is 36.2 Å². The molecule has 182 valence electrons. The van der Waals surface area contributed by atoms with Crippen LogP contribution in [0.3, 0.4) is 0 Å². The smallest absolute Gasteiger partial charge is 0.416 e. The summed E-state index contributed by atoms with van der Waals surface area (Å²) in [7, 11) is 0. The molecule has 5 rings (SSSR count). The van der Waals surface area contributed by atoms with Gasteiger partial charge < -0.3 is 10.5 Å². The molecule has 0 aliphatic rings. The van der Waals surface area contributed by atoms with E-state index in [1.165, 1.54) is 25.1 Å². The first-order chi connectivity index (χ1) is 17.2. The van der Waals surface area contributed by atoms with E-state index in [2.05, 4.69) is 4.98 Å². The maximum atomic E-state index is 13.5. The lowest BCUT2D eigenvalue weighted by atomic mass is 10.0. The molecule has 0 aliphatic heterocycles. The van der Waals surface area contributed by atoms with Gasteiger partial charge in [0.2, 0.25) is 0 Å². The normalized spacial score (nSPS) is 12.6. The summed E-state index contributed by atoms with van der Waals surface area (Å²) in [5, 5.41) is 0.600. The number of halogens is 3. The van der Waals surface area contributed by atoms with Crippen LogP contribution in [0.5, 0.6) is 5.75 Å². The highest BCUT2D eigenvalue weighted by atomic mass is 32.1. The highest BCUT2D eigenvalue weighted by Crippen LogP contribution is 2.39. The topological polar surface area (TPSA) is 70.1 Å². The van der Waals surface area contributed by atoms with E-state index in [1.807, 2.05) is 48.5 Å². The summed E-state index contributed by atoms with van der Waals surface area (Å²) in [5.74, 6) is -0.611. The molecule has 0 saturated heterocycles. The third-order valence-corrected chi connectivity index (χ3v) is 6.94. The van der Waals surface area contributed by atoms with E-state index >= 15 is 0 Å². The summed E-state index contributed by atoms with van der Waals surface area (Å²) in [6.45, 7) is 1.51. The Morgan fingerprint density at radius 3 is 2.44 bits per heavy atom. The highest BCUT2D eigenvalue weighted by Gasteiger charge is 2.35. The summed E-state index contributed by atoms with van der Waals surface area (Å²) >= 11 is 1.09. The maximum absolute atomic E-state index is 13.5. The highest BCUT2D eigenvalue weighted by molar-refractivity contribution is 7.16. The first kappa shape index (κ1) is 23.6. The van der Waals surface area contributed by atoms with Crippen LogP contribution < -0.4 is 10.5 Å². The van der Waals surface area contributed by atoms with Crippen molar-refractivity contribution in [3.8, 4) is 21.9 Å². The first-order valence-corrected chi connectivity index (χ1v) is 11.8. The number of ether oxygens (including phenoxy) is 1. The molecule has 2 aromatic heterocycles. The number of benzene rings is 3. The fraction of sp³-hybridized carbons (Fsp3) is 0.111. The Morgan fingerprint density at radius 1 is 1.00 bits per heavy atom. The molecule has 0 bridgehead atoms. The molecular weight excluding hydrogens is 487 g/mol. The van der Waals surface area contributed by atoms with Crippen LogP contribution >= 0.6 is 11.3 Å². The number of nitrogens with zero attached hydrogens (tertiary/aromatic N) is 2. The van der Waals surface area contributed by atoms with Crippen LogP contribution in [0.1, 0.15) is 33.8 Å². The van der Waals surface area contributed by atoms with E-state index < -0.39 is 23.8 Å². The van der Waals surface area contributed by atoms with Gasteiger partial charge in [-0.3, -0.25) is 9.36 Å². The van der Waals surface area contributed by atoms with Gasteiger partial charge in [-0.1, -0.05) is 54.6 Å². The average molecular weight is 508 g/mol. The first-order valence-electron chi connectivity index (χ1n) is 11.0. The minimum atomic E-state index is -4.53. The molecule has 3 aromatic carbocycles. The number of thiophene rings is 1. The number of primary amides is 1. The van der Waals surface area contributed by atoms with Crippen molar-refractivity contribution in [1.29, 1.82) is 0 Å². The molecule has 5 nitrogen and oxygen atoms in total. The minimum Gasteiger partial charge on any atom is -0.484 e. The van der Waals surface area contributed by atoms with Crippen LogP contribution in [0, 0.1) is 0 Å². The zero-order valence-corrected chi connectivity index (χ0v) is 19.8. The second kappa shape index (κ2) is 9.16. The van der Waals surface area contributed by atoms with Crippen LogP contribution in [0.25, 0.3) is 27.2 Å². The molecule has 0 unspecified atom stereocenters. The van der Waals surface area contributed by atoms with Gasteiger partial charge in [0.05, 0.1) is 16.6 Å². The summed E-state index contributed by atoms with van der Waals surface area (Å²) in [6.07, 6.45) is -3.89.